The molecule has 0 amide bonds. The summed E-state index contributed by atoms with van der Waals surface area (Å²) in [5, 5.41) is 21.4. The smallest absolute Gasteiger partial charge is 0.317 e. The molecule has 184 valence electrons. The second-order valence-electron chi connectivity index (χ2n) is 9.10. The van der Waals surface area contributed by atoms with Gasteiger partial charge >= 0.3 is 5.97 Å². The lowest BCUT2D eigenvalue weighted by atomic mass is 9.64. The maximum absolute atomic E-state index is 13.0. The predicted octanol–water partition coefficient (Wildman–Crippen LogP) is 5.59. The number of thiol groups is 1. The topological polar surface area (TPSA) is 83.8 Å². The highest BCUT2D eigenvalue weighted by molar-refractivity contribution is 7.81. The SMILES string of the molecule is CC[C@H]1[C@@H]2C(O)=C(Cl)C(=O)[C@H](C)C(=O)O[C@@H](C)/C=C/C=C\[C@@H](C)[C@@H]2C=C[C@@H]1C[C@](O)(S)CCl. The third kappa shape index (κ3) is 6.91. The molecule has 2 N–H and O–H groups in total. The van der Waals surface area contributed by atoms with Crippen molar-refractivity contribution >= 4 is 47.6 Å². The summed E-state index contributed by atoms with van der Waals surface area (Å²) in [6, 6.07) is 0. The zero-order chi connectivity index (χ0) is 24.9. The van der Waals surface area contributed by atoms with Crippen LogP contribution in [0.1, 0.15) is 40.5 Å². The first kappa shape index (κ1) is 28.0. The fourth-order valence-electron chi connectivity index (χ4n) is 4.66. The summed E-state index contributed by atoms with van der Waals surface area (Å²) in [4.78, 5) is 24.0. The maximum Gasteiger partial charge on any atom is 0.317 e. The molecule has 1 aliphatic heterocycles. The Labute approximate surface area is 212 Å². The zero-order valence-corrected chi connectivity index (χ0v) is 21.9. The third-order valence-corrected chi connectivity index (χ3v) is 7.92. The van der Waals surface area contributed by atoms with E-state index < -0.39 is 34.6 Å². The van der Waals surface area contributed by atoms with E-state index in [1.807, 2.05) is 38.2 Å². The van der Waals surface area contributed by atoms with Crippen LogP contribution in [0.3, 0.4) is 0 Å². The number of halogens is 2. The summed E-state index contributed by atoms with van der Waals surface area (Å²) in [7, 11) is 0. The molecule has 2 rings (SSSR count). The van der Waals surface area contributed by atoms with Crippen molar-refractivity contribution in [3.05, 3.63) is 47.2 Å². The minimum Gasteiger partial charge on any atom is -0.510 e. The molecule has 0 radical (unpaired) electrons. The highest BCUT2D eigenvalue weighted by atomic mass is 35.5. The minimum absolute atomic E-state index is 0.00810. The first-order valence-corrected chi connectivity index (χ1v) is 12.7. The van der Waals surface area contributed by atoms with Crippen LogP contribution in [0.25, 0.3) is 0 Å². The van der Waals surface area contributed by atoms with Gasteiger partial charge in [0.05, 0.1) is 5.88 Å². The standard InChI is InChI=1S/C25H34Cl2O5S/c1-5-18-17(12-25(31,33)13-26)10-11-19-14(2)8-6-7-9-15(3)32-24(30)16(4)22(28)21(27)23(29)20(18)19/h6-11,14-20,29,31,33H,5,12-13H2,1-4H3/b8-6-,9-7+,23-21?/t14-,15+,16+,17-,18-,19+,20+,25+/m1/s1. The molecule has 8 heteroatoms. The Morgan fingerprint density at radius 2 is 1.76 bits per heavy atom. The number of fused-ring (bicyclic) bond motifs is 1. The van der Waals surface area contributed by atoms with Crippen LogP contribution in [0, 0.1) is 35.5 Å². The molecule has 0 unspecified atom stereocenters. The zero-order valence-electron chi connectivity index (χ0n) is 19.4. The van der Waals surface area contributed by atoms with Crippen LogP contribution in [0.5, 0.6) is 0 Å². The van der Waals surface area contributed by atoms with E-state index in [4.69, 9.17) is 27.9 Å². The van der Waals surface area contributed by atoms with Crippen LogP contribution in [0.2, 0.25) is 0 Å². The van der Waals surface area contributed by atoms with Crippen LogP contribution < -0.4 is 0 Å². The van der Waals surface area contributed by atoms with Crippen molar-refractivity contribution in [3.8, 4) is 0 Å². The largest absolute Gasteiger partial charge is 0.510 e. The third-order valence-electron chi connectivity index (χ3n) is 6.58. The molecule has 0 saturated carbocycles. The second-order valence-corrected chi connectivity index (χ2v) is 10.6. The number of Topliss-reactive ketones (excluding diaryl/α,β-unsaturated/α-hetero) is 1. The second kappa shape index (κ2) is 12.0. The number of carbonyl (C=O) groups excluding carboxylic acids is 2. The summed E-state index contributed by atoms with van der Waals surface area (Å²) in [5.74, 6) is -3.72. The van der Waals surface area contributed by atoms with Gasteiger partial charge in [-0.1, -0.05) is 62.2 Å². The van der Waals surface area contributed by atoms with Crippen LogP contribution in [-0.4, -0.2) is 38.9 Å². The Balaban J connectivity index is 2.61. The van der Waals surface area contributed by atoms with Gasteiger partial charge in [0.2, 0.25) is 0 Å². The van der Waals surface area contributed by atoms with Crippen LogP contribution in [0.4, 0.5) is 0 Å². The summed E-state index contributed by atoms with van der Waals surface area (Å²) in [5.41, 5.74) is 0. The van der Waals surface area contributed by atoms with Gasteiger partial charge in [-0.25, -0.2) is 0 Å². The summed E-state index contributed by atoms with van der Waals surface area (Å²) < 4.78 is 5.32. The van der Waals surface area contributed by atoms with Gasteiger partial charge < -0.3 is 14.9 Å². The number of rotatable bonds is 4. The van der Waals surface area contributed by atoms with Gasteiger partial charge in [-0.3, -0.25) is 9.59 Å². The molecule has 8 atom stereocenters. The average molecular weight is 518 g/mol. The molecule has 0 saturated heterocycles. The molecule has 5 nitrogen and oxygen atoms in total. The summed E-state index contributed by atoms with van der Waals surface area (Å²) in [6.07, 6.45) is 11.9. The first-order valence-electron chi connectivity index (χ1n) is 11.3. The summed E-state index contributed by atoms with van der Waals surface area (Å²) >= 11 is 16.6. The van der Waals surface area contributed by atoms with Gasteiger partial charge in [0.25, 0.3) is 0 Å². The molecule has 0 bridgehead atoms. The van der Waals surface area contributed by atoms with Gasteiger partial charge in [-0.15, -0.1) is 24.2 Å². The average Bonchev–Trinajstić information content (AvgIpc) is 2.78. The number of hydrogen-bond donors (Lipinski definition) is 3. The van der Waals surface area contributed by atoms with E-state index in [0.29, 0.717) is 6.42 Å². The number of cyclic esters (lactones) is 1. The fraction of sp³-hybridized carbons (Fsp3) is 0.600. The fourth-order valence-corrected chi connectivity index (χ4v) is 5.27. The number of aliphatic hydroxyl groups excluding tert-OH is 1. The Hall–Kier alpha value is -1.21. The van der Waals surface area contributed by atoms with Crippen molar-refractivity contribution in [2.24, 2.45) is 35.5 Å². The van der Waals surface area contributed by atoms with E-state index in [-0.39, 0.29) is 46.8 Å². The quantitative estimate of drug-likeness (QED) is 0.113. The van der Waals surface area contributed by atoms with Crippen LogP contribution in [0.15, 0.2) is 47.2 Å². The van der Waals surface area contributed by atoms with Crippen molar-refractivity contribution in [3.63, 3.8) is 0 Å². The van der Waals surface area contributed by atoms with Crippen molar-refractivity contribution in [1.29, 1.82) is 0 Å². The van der Waals surface area contributed by atoms with Crippen molar-refractivity contribution in [2.45, 2.75) is 51.6 Å². The first-order chi connectivity index (χ1) is 15.4. The van der Waals surface area contributed by atoms with E-state index in [0.717, 1.165) is 0 Å². The number of esters is 1. The predicted molar refractivity (Wildman–Crippen MR) is 135 cm³/mol. The van der Waals surface area contributed by atoms with Gasteiger partial charge in [-0.2, -0.15) is 0 Å². The molecule has 2 aliphatic rings. The molecule has 1 heterocycles. The highest BCUT2D eigenvalue weighted by Crippen LogP contribution is 2.47. The molecule has 33 heavy (non-hydrogen) atoms. The Morgan fingerprint density at radius 3 is 2.36 bits per heavy atom. The van der Waals surface area contributed by atoms with Gasteiger partial charge in [-0.05, 0) is 50.0 Å². The monoisotopic (exact) mass is 516 g/mol. The molecule has 0 aromatic heterocycles. The van der Waals surface area contributed by atoms with Crippen LogP contribution >= 0.6 is 35.8 Å². The lowest BCUT2D eigenvalue weighted by Crippen LogP contribution is -2.39. The highest BCUT2D eigenvalue weighted by Gasteiger charge is 2.43. The molecule has 0 aromatic carbocycles. The number of ketones is 1. The van der Waals surface area contributed by atoms with Gasteiger partial charge in [0, 0.05) is 5.92 Å². The van der Waals surface area contributed by atoms with E-state index >= 15 is 0 Å². The Kier molecular flexibility index (Phi) is 10.2. The molecular weight excluding hydrogens is 483 g/mol. The van der Waals surface area contributed by atoms with Crippen molar-refractivity contribution < 1.29 is 24.5 Å². The van der Waals surface area contributed by atoms with Crippen molar-refractivity contribution in [2.75, 3.05) is 5.88 Å². The summed E-state index contributed by atoms with van der Waals surface area (Å²) in [6.45, 7) is 7.16. The number of ether oxygens (including phenoxy) is 1. The normalized spacial score (nSPS) is 37.5. The molecule has 0 fully saturated rings. The van der Waals surface area contributed by atoms with E-state index in [9.17, 15) is 19.8 Å². The molecule has 0 aromatic rings. The van der Waals surface area contributed by atoms with Crippen molar-refractivity contribution in [1.82, 2.24) is 0 Å². The lowest BCUT2D eigenvalue weighted by molar-refractivity contribution is -0.152. The number of carbonyl (C=O) groups is 2. The van der Waals surface area contributed by atoms with Gasteiger partial charge in [0.15, 0.2) is 5.78 Å². The van der Waals surface area contributed by atoms with Gasteiger partial charge in [0.1, 0.15) is 27.7 Å². The van der Waals surface area contributed by atoms with E-state index in [2.05, 4.69) is 12.6 Å². The lowest BCUT2D eigenvalue weighted by Gasteiger charge is -2.42. The minimum atomic E-state index is -1.37. The number of aliphatic hydroxyl groups is 2. The van der Waals surface area contributed by atoms with E-state index in [1.165, 1.54) is 6.92 Å². The van der Waals surface area contributed by atoms with Crippen LogP contribution in [-0.2, 0) is 14.3 Å². The Bertz CT molecular complexity index is 848. The number of hydrogen-bond acceptors (Lipinski definition) is 6. The molecule has 1 aliphatic carbocycles. The van der Waals surface area contributed by atoms with E-state index in [1.54, 1.807) is 19.1 Å². The Morgan fingerprint density at radius 1 is 1.12 bits per heavy atom. The molecule has 0 spiro atoms. The number of allylic oxidation sites excluding steroid dienone is 7. The number of alkyl halides is 1. The maximum atomic E-state index is 13.0. The molecular formula is C25H34Cl2O5S.